The molecule has 2 heterocycles. The Balaban J connectivity index is 1.93. The van der Waals surface area contributed by atoms with Gasteiger partial charge in [0.1, 0.15) is 17.7 Å². The number of halogens is 2. The van der Waals surface area contributed by atoms with Crippen molar-refractivity contribution in [2.24, 2.45) is 5.92 Å². The maximum atomic E-state index is 14.6. The summed E-state index contributed by atoms with van der Waals surface area (Å²) < 4.78 is 28.1. The maximum Gasteiger partial charge on any atom is 0.244 e. The molecular weight excluding hydrogens is 376 g/mol. The lowest BCUT2D eigenvalue weighted by Gasteiger charge is -2.32. The van der Waals surface area contributed by atoms with E-state index in [2.05, 4.69) is 25.7 Å². The van der Waals surface area contributed by atoms with Gasteiger partial charge in [-0.15, -0.1) is 0 Å². The molecule has 1 aromatic rings. The van der Waals surface area contributed by atoms with Crippen LogP contribution in [0.1, 0.15) is 45.1 Å². The van der Waals surface area contributed by atoms with Crippen LogP contribution in [-0.2, 0) is 9.59 Å². The van der Waals surface area contributed by atoms with E-state index in [9.17, 15) is 18.4 Å². The van der Waals surface area contributed by atoms with Crippen LogP contribution in [0.3, 0.4) is 0 Å². The van der Waals surface area contributed by atoms with Crippen LogP contribution in [0.4, 0.5) is 8.78 Å². The van der Waals surface area contributed by atoms with Gasteiger partial charge < -0.3 is 9.80 Å². The van der Waals surface area contributed by atoms with Crippen LogP contribution in [0.25, 0.3) is 0 Å². The lowest BCUT2D eigenvalue weighted by molar-refractivity contribution is -0.144. The molecular formula is C22H31F2N3O2. The molecule has 3 rings (SSSR count). The van der Waals surface area contributed by atoms with E-state index in [4.69, 9.17) is 0 Å². The van der Waals surface area contributed by atoms with Crippen molar-refractivity contribution in [2.45, 2.75) is 51.1 Å². The minimum absolute atomic E-state index is 0.0777. The highest BCUT2D eigenvalue weighted by Crippen LogP contribution is 2.39. The van der Waals surface area contributed by atoms with Crippen LogP contribution in [0.15, 0.2) is 18.2 Å². The molecule has 0 radical (unpaired) electrons. The van der Waals surface area contributed by atoms with Crippen LogP contribution < -0.4 is 0 Å². The molecule has 160 valence electrons. The number of hydrogen-bond donors (Lipinski definition) is 0. The smallest absolute Gasteiger partial charge is 0.244 e. The van der Waals surface area contributed by atoms with Gasteiger partial charge in [-0.2, -0.15) is 0 Å². The second-order valence-electron chi connectivity index (χ2n) is 9.38. The number of likely N-dealkylation sites (tertiary alicyclic amines) is 2. The molecule has 2 fully saturated rings. The van der Waals surface area contributed by atoms with E-state index in [0.29, 0.717) is 31.6 Å². The van der Waals surface area contributed by atoms with E-state index in [1.54, 1.807) is 19.0 Å². The Morgan fingerprint density at radius 1 is 1.14 bits per heavy atom. The molecule has 0 spiro atoms. The van der Waals surface area contributed by atoms with Crippen molar-refractivity contribution >= 4 is 11.8 Å². The third-order valence-corrected chi connectivity index (χ3v) is 6.21. The quantitative estimate of drug-likeness (QED) is 0.774. The van der Waals surface area contributed by atoms with Crippen molar-refractivity contribution in [1.29, 1.82) is 0 Å². The normalized spacial score (nSPS) is 25.5. The summed E-state index contributed by atoms with van der Waals surface area (Å²) in [5, 5.41) is 0. The van der Waals surface area contributed by atoms with Gasteiger partial charge in [-0.3, -0.25) is 14.5 Å². The van der Waals surface area contributed by atoms with Gasteiger partial charge in [-0.05, 0) is 45.2 Å². The molecule has 2 saturated heterocycles. The van der Waals surface area contributed by atoms with Crippen molar-refractivity contribution in [3.8, 4) is 0 Å². The molecule has 0 aliphatic carbocycles. The maximum absolute atomic E-state index is 14.6. The van der Waals surface area contributed by atoms with E-state index in [1.807, 2.05) is 0 Å². The van der Waals surface area contributed by atoms with Crippen LogP contribution in [0.5, 0.6) is 0 Å². The third-order valence-electron chi connectivity index (χ3n) is 6.21. The molecule has 0 N–H and O–H groups in total. The number of amides is 2. The summed E-state index contributed by atoms with van der Waals surface area (Å²) in [5.41, 5.74) is 0.180. The molecule has 3 atom stereocenters. The van der Waals surface area contributed by atoms with Crippen molar-refractivity contribution in [3.05, 3.63) is 35.4 Å². The Hall–Kier alpha value is -2.02. The van der Waals surface area contributed by atoms with Gasteiger partial charge in [0.25, 0.3) is 0 Å². The topological polar surface area (TPSA) is 43.9 Å². The standard InChI is InChI=1S/C22H31F2N3O2/c1-22(2,3)26-12-16(15-9-8-14(23)11-18(15)24)17(13-26)20(28)27-10-6-7-19(27)21(29)25(4)5/h8-9,11,16-17,19H,6-7,10,12-13H2,1-5H3/t16-,17+,19-/m0/s1. The van der Waals surface area contributed by atoms with Crippen molar-refractivity contribution < 1.29 is 18.4 Å². The van der Waals surface area contributed by atoms with Gasteiger partial charge in [0.05, 0.1) is 5.92 Å². The molecule has 7 heteroatoms. The van der Waals surface area contributed by atoms with E-state index >= 15 is 0 Å². The Bertz CT molecular complexity index is 791. The minimum Gasteiger partial charge on any atom is -0.347 e. The first-order valence-corrected chi connectivity index (χ1v) is 10.2. The summed E-state index contributed by atoms with van der Waals surface area (Å²) in [6.07, 6.45) is 1.43. The second kappa shape index (κ2) is 8.01. The number of rotatable bonds is 3. The monoisotopic (exact) mass is 407 g/mol. The molecule has 0 unspecified atom stereocenters. The van der Waals surface area contributed by atoms with Gasteiger partial charge in [0.15, 0.2) is 0 Å². The van der Waals surface area contributed by atoms with Gasteiger partial charge in [-0.1, -0.05) is 6.07 Å². The summed E-state index contributed by atoms with van der Waals surface area (Å²) >= 11 is 0. The fourth-order valence-electron chi connectivity index (χ4n) is 4.52. The zero-order valence-electron chi connectivity index (χ0n) is 17.9. The van der Waals surface area contributed by atoms with E-state index in [1.165, 1.54) is 17.0 Å². The average molecular weight is 408 g/mol. The predicted molar refractivity (Wildman–Crippen MR) is 107 cm³/mol. The predicted octanol–water partition coefficient (Wildman–Crippen LogP) is 2.86. The summed E-state index contributed by atoms with van der Waals surface area (Å²) in [7, 11) is 3.38. The number of nitrogens with zero attached hydrogens (tertiary/aromatic N) is 3. The summed E-state index contributed by atoms with van der Waals surface area (Å²) in [6.45, 7) is 7.73. The highest BCUT2D eigenvalue weighted by Gasteiger charge is 2.47. The average Bonchev–Trinajstić information content (AvgIpc) is 3.27. The number of carbonyl (C=O) groups is 2. The number of carbonyl (C=O) groups excluding carboxylic acids is 2. The third kappa shape index (κ3) is 4.29. The Morgan fingerprint density at radius 2 is 1.83 bits per heavy atom. The Labute approximate surface area is 171 Å². The van der Waals surface area contributed by atoms with Crippen molar-refractivity contribution in [3.63, 3.8) is 0 Å². The molecule has 2 aliphatic rings. The first-order chi connectivity index (χ1) is 13.5. The number of likely N-dealkylation sites (N-methyl/N-ethyl adjacent to an activating group) is 1. The molecule has 0 aromatic heterocycles. The Morgan fingerprint density at radius 3 is 2.41 bits per heavy atom. The summed E-state index contributed by atoms with van der Waals surface area (Å²) in [5.74, 6) is -2.28. The van der Waals surface area contributed by atoms with Crippen LogP contribution in [-0.4, -0.2) is 71.8 Å². The highest BCUT2D eigenvalue weighted by atomic mass is 19.1. The van der Waals surface area contributed by atoms with E-state index in [0.717, 1.165) is 12.5 Å². The molecule has 2 aliphatic heterocycles. The van der Waals surface area contributed by atoms with Gasteiger partial charge >= 0.3 is 0 Å². The molecule has 2 amide bonds. The largest absolute Gasteiger partial charge is 0.347 e. The SMILES string of the molecule is CN(C)C(=O)[C@@H]1CCCN1C(=O)[C@@H]1CN(C(C)(C)C)C[C@H]1c1ccc(F)cc1F. The lowest BCUT2D eigenvalue weighted by Crippen LogP contribution is -2.48. The number of hydrogen-bond acceptors (Lipinski definition) is 3. The number of benzene rings is 1. The van der Waals surface area contributed by atoms with E-state index < -0.39 is 23.6 Å². The molecule has 5 nitrogen and oxygen atoms in total. The first kappa shape index (κ1) is 21.7. The molecule has 1 aromatic carbocycles. The first-order valence-electron chi connectivity index (χ1n) is 10.2. The zero-order chi connectivity index (χ0) is 21.5. The van der Waals surface area contributed by atoms with Gasteiger partial charge in [-0.25, -0.2) is 8.78 Å². The van der Waals surface area contributed by atoms with E-state index in [-0.39, 0.29) is 23.3 Å². The highest BCUT2D eigenvalue weighted by molar-refractivity contribution is 5.89. The minimum atomic E-state index is -0.629. The van der Waals surface area contributed by atoms with Gasteiger partial charge in [0, 0.05) is 51.3 Å². The molecule has 0 bridgehead atoms. The van der Waals surface area contributed by atoms with Crippen LogP contribution >= 0.6 is 0 Å². The molecule has 29 heavy (non-hydrogen) atoms. The lowest BCUT2D eigenvalue weighted by atomic mass is 9.87. The Kier molecular flexibility index (Phi) is 5.99. The van der Waals surface area contributed by atoms with Crippen LogP contribution in [0, 0.1) is 17.6 Å². The second-order valence-corrected chi connectivity index (χ2v) is 9.38. The zero-order valence-corrected chi connectivity index (χ0v) is 17.9. The fraction of sp³-hybridized carbons (Fsp3) is 0.636. The summed E-state index contributed by atoms with van der Waals surface area (Å²) in [4.78, 5) is 31.5. The van der Waals surface area contributed by atoms with Crippen LogP contribution in [0.2, 0.25) is 0 Å². The summed E-state index contributed by atoms with van der Waals surface area (Å²) in [6, 6.07) is 3.12. The fourth-order valence-corrected chi connectivity index (χ4v) is 4.52. The van der Waals surface area contributed by atoms with Gasteiger partial charge in [0.2, 0.25) is 11.8 Å². The van der Waals surface area contributed by atoms with Crippen molar-refractivity contribution in [2.75, 3.05) is 33.7 Å². The van der Waals surface area contributed by atoms with Crippen molar-refractivity contribution in [1.82, 2.24) is 14.7 Å². The molecule has 0 saturated carbocycles.